The number of aryl methyl sites for hydroxylation is 1. The van der Waals surface area contributed by atoms with Crippen molar-refractivity contribution >= 4 is 0 Å². The molecule has 1 aliphatic rings. The van der Waals surface area contributed by atoms with Gasteiger partial charge < -0.3 is 4.57 Å². The predicted molar refractivity (Wildman–Crippen MR) is 88.8 cm³/mol. The predicted octanol–water partition coefficient (Wildman–Crippen LogP) is 5.10. The summed E-state index contributed by atoms with van der Waals surface area (Å²) in [6.07, 6.45) is 0.861. The average molecular weight is 336 g/mol. The van der Waals surface area contributed by atoms with Crippen molar-refractivity contribution < 1.29 is 13.2 Å². The lowest BCUT2D eigenvalue weighted by Crippen LogP contribution is -2.31. The van der Waals surface area contributed by atoms with Gasteiger partial charge in [-0.05, 0) is 49.2 Å². The number of hydrogen-bond donors (Lipinski definition) is 0. The van der Waals surface area contributed by atoms with Crippen LogP contribution in [0.3, 0.4) is 0 Å². The summed E-state index contributed by atoms with van der Waals surface area (Å²) < 4.78 is 41.6. The Kier molecular flexibility index (Phi) is 4.99. The highest BCUT2D eigenvalue weighted by atomic mass is 19.4. The maximum Gasteiger partial charge on any atom is 0.416 e. The summed E-state index contributed by atoms with van der Waals surface area (Å²) >= 11 is 0. The fraction of sp³-hybridized carbons (Fsp3) is 0.474. The Balaban J connectivity index is 2.03. The standard InChI is InChI=1S/C19H23F3N2/c1-2-3-10-24-13-6-12-23-11-5-9-17(23)18(24)15-7-4-8-16(14-15)19(20,21)22/h4-5,7-9,11,14,18H,2-3,6,10,12-13H2,1H3/t18-/m0/s1. The highest BCUT2D eigenvalue weighted by Crippen LogP contribution is 2.36. The zero-order chi connectivity index (χ0) is 17.2. The quantitative estimate of drug-likeness (QED) is 0.754. The lowest BCUT2D eigenvalue weighted by molar-refractivity contribution is -0.137. The molecular weight excluding hydrogens is 313 g/mol. The molecule has 0 amide bonds. The van der Waals surface area contributed by atoms with Crippen LogP contribution in [0.4, 0.5) is 13.2 Å². The van der Waals surface area contributed by atoms with Gasteiger partial charge in [0, 0.05) is 25.0 Å². The van der Waals surface area contributed by atoms with Gasteiger partial charge in [0.1, 0.15) is 0 Å². The molecule has 1 aliphatic heterocycles. The van der Waals surface area contributed by atoms with Gasteiger partial charge >= 0.3 is 6.18 Å². The molecule has 5 heteroatoms. The molecule has 1 atom stereocenters. The number of alkyl halides is 3. The van der Waals surface area contributed by atoms with Crippen LogP contribution in [0.25, 0.3) is 0 Å². The van der Waals surface area contributed by atoms with E-state index in [2.05, 4.69) is 16.4 Å². The van der Waals surface area contributed by atoms with Crippen LogP contribution in [0.5, 0.6) is 0 Å². The monoisotopic (exact) mass is 336 g/mol. The highest BCUT2D eigenvalue weighted by molar-refractivity contribution is 5.34. The Hall–Kier alpha value is -1.75. The van der Waals surface area contributed by atoms with E-state index in [1.807, 2.05) is 24.4 Å². The topological polar surface area (TPSA) is 8.17 Å². The molecule has 1 aromatic carbocycles. The van der Waals surface area contributed by atoms with Gasteiger partial charge in [-0.25, -0.2) is 0 Å². The van der Waals surface area contributed by atoms with Gasteiger partial charge in [0.15, 0.2) is 0 Å². The summed E-state index contributed by atoms with van der Waals surface area (Å²) in [4.78, 5) is 2.33. The van der Waals surface area contributed by atoms with Crippen LogP contribution in [0, 0.1) is 0 Å². The number of aromatic nitrogens is 1. The molecule has 1 aromatic heterocycles. The molecule has 0 spiro atoms. The molecule has 0 saturated carbocycles. The van der Waals surface area contributed by atoms with E-state index >= 15 is 0 Å². The second-order valence-electron chi connectivity index (χ2n) is 6.40. The van der Waals surface area contributed by atoms with Gasteiger partial charge in [-0.15, -0.1) is 0 Å². The number of rotatable bonds is 4. The molecule has 0 fully saturated rings. The molecular formula is C19H23F3N2. The first-order valence-electron chi connectivity index (χ1n) is 8.57. The number of benzene rings is 1. The van der Waals surface area contributed by atoms with Crippen molar-refractivity contribution in [2.24, 2.45) is 0 Å². The highest BCUT2D eigenvalue weighted by Gasteiger charge is 2.33. The summed E-state index contributed by atoms with van der Waals surface area (Å²) in [6, 6.07) is 9.71. The third-order valence-electron chi connectivity index (χ3n) is 4.68. The van der Waals surface area contributed by atoms with Crippen molar-refractivity contribution in [3.05, 3.63) is 59.4 Å². The van der Waals surface area contributed by atoms with Crippen molar-refractivity contribution in [1.29, 1.82) is 0 Å². The van der Waals surface area contributed by atoms with Crippen molar-refractivity contribution in [3.63, 3.8) is 0 Å². The molecule has 3 rings (SSSR count). The second kappa shape index (κ2) is 7.01. The van der Waals surface area contributed by atoms with E-state index in [4.69, 9.17) is 0 Å². The van der Waals surface area contributed by atoms with Crippen LogP contribution in [-0.4, -0.2) is 22.6 Å². The first-order chi connectivity index (χ1) is 11.5. The van der Waals surface area contributed by atoms with Crippen LogP contribution >= 0.6 is 0 Å². The molecule has 130 valence electrons. The number of fused-ring (bicyclic) bond motifs is 1. The number of unbranched alkanes of at least 4 members (excludes halogenated alkanes) is 1. The van der Waals surface area contributed by atoms with Gasteiger partial charge in [0.25, 0.3) is 0 Å². The van der Waals surface area contributed by atoms with E-state index in [-0.39, 0.29) is 6.04 Å². The van der Waals surface area contributed by atoms with Gasteiger partial charge in [-0.3, -0.25) is 4.90 Å². The SMILES string of the molecule is CCCCN1CCCn2cccc2[C@@H]1c1cccc(C(F)(F)F)c1. The van der Waals surface area contributed by atoms with Gasteiger partial charge in [0.2, 0.25) is 0 Å². The van der Waals surface area contributed by atoms with Crippen LogP contribution < -0.4 is 0 Å². The van der Waals surface area contributed by atoms with Crippen molar-refractivity contribution in [2.75, 3.05) is 13.1 Å². The van der Waals surface area contributed by atoms with Gasteiger partial charge in [-0.2, -0.15) is 13.2 Å². The van der Waals surface area contributed by atoms with Crippen LogP contribution in [0.1, 0.15) is 49.0 Å². The zero-order valence-electron chi connectivity index (χ0n) is 13.9. The molecule has 0 saturated heterocycles. The smallest absolute Gasteiger partial charge is 0.350 e. The number of nitrogens with zero attached hydrogens (tertiary/aromatic N) is 2. The summed E-state index contributed by atoms with van der Waals surface area (Å²) in [7, 11) is 0. The lowest BCUT2D eigenvalue weighted by Gasteiger charge is -2.31. The number of hydrogen-bond acceptors (Lipinski definition) is 1. The summed E-state index contributed by atoms with van der Waals surface area (Å²) in [6.45, 7) is 4.87. The molecule has 0 N–H and O–H groups in total. The second-order valence-corrected chi connectivity index (χ2v) is 6.40. The minimum absolute atomic E-state index is 0.114. The average Bonchev–Trinajstić information content (AvgIpc) is 2.93. The molecule has 24 heavy (non-hydrogen) atoms. The molecule has 0 radical (unpaired) electrons. The molecule has 2 aromatic rings. The van der Waals surface area contributed by atoms with Crippen LogP contribution in [0.2, 0.25) is 0 Å². The van der Waals surface area contributed by atoms with Crippen molar-refractivity contribution in [1.82, 2.24) is 9.47 Å². The summed E-state index contributed by atoms with van der Waals surface area (Å²) in [5, 5.41) is 0. The van der Waals surface area contributed by atoms with E-state index in [0.717, 1.165) is 56.2 Å². The molecule has 0 unspecified atom stereocenters. The van der Waals surface area contributed by atoms with E-state index in [1.54, 1.807) is 0 Å². The Morgan fingerprint density at radius 3 is 2.71 bits per heavy atom. The first-order valence-corrected chi connectivity index (χ1v) is 8.57. The third-order valence-corrected chi connectivity index (χ3v) is 4.68. The Bertz CT molecular complexity index is 675. The fourth-order valence-corrected chi connectivity index (χ4v) is 3.51. The number of halogens is 3. The van der Waals surface area contributed by atoms with E-state index in [9.17, 15) is 13.2 Å². The van der Waals surface area contributed by atoms with Crippen molar-refractivity contribution in [3.8, 4) is 0 Å². The fourth-order valence-electron chi connectivity index (χ4n) is 3.51. The molecule has 2 nitrogen and oxygen atoms in total. The molecule has 0 bridgehead atoms. The summed E-state index contributed by atoms with van der Waals surface area (Å²) in [5.74, 6) is 0. The molecule has 0 aliphatic carbocycles. The van der Waals surface area contributed by atoms with Gasteiger partial charge in [-0.1, -0.05) is 25.5 Å². The Morgan fingerprint density at radius 1 is 1.12 bits per heavy atom. The first kappa shape index (κ1) is 17.1. The maximum atomic E-state index is 13.1. The summed E-state index contributed by atoms with van der Waals surface area (Å²) in [5.41, 5.74) is 1.24. The lowest BCUT2D eigenvalue weighted by atomic mass is 9.99. The van der Waals surface area contributed by atoms with E-state index in [1.165, 1.54) is 12.1 Å². The normalized spacial score (nSPS) is 19.1. The minimum atomic E-state index is -4.31. The van der Waals surface area contributed by atoms with E-state index in [0.29, 0.717) is 0 Å². The Labute approximate surface area is 140 Å². The maximum absolute atomic E-state index is 13.1. The van der Waals surface area contributed by atoms with Gasteiger partial charge in [0.05, 0.1) is 11.6 Å². The van der Waals surface area contributed by atoms with Crippen molar-refractivity contribution in [2.45, 2.75) is 44.9 Å². The van der Waals surface area contributed by atoms with Crippen LogP contribution in [-0.2, 0) is 12.7 Å². The molecule has 2 heterocycles. The van der Waals surface area contributed by atoms with Crippen LogP contribution in [0.15, 0.2) is 42.6 Å². The largest absolute Gasteiger partial charge is 0.416 e. The minimum Gasteiger partial charge on any atom is -0.350 e. The third kappa shape index (κ3) is 3.51. The van der Waals surface area contributed by atoms with E-state index < -0.39 is 11.7 Å². The zero-order valence-corrected chi connectivity index (χ0v) is 13.9. The Morgan fingerprint density at radius 2 is 1.96 bits per heavy atom.